The molecule has 1 heterocycles. The molecule has 1 saturated heterocycles. The van der Waals surface area contributed by atoms with Gasteiger partial charge < -0.3 is 15.0 Å². The molecule has 2 unspecified atom stereocenters. The summed E-state index contributed by atoms with van der Waals surface area (Å²) in [4.78, 5) is 13.9. The number of ether oxygens (including phenoxy) is 1. The second-order valence-corrected chi connectivity index (χ2v) is 4.76. The standard InChI is InChI=1S/C13H26N2O2/c1-4-11-6-7-14-12(10-11)13(16)15(3)8-9-17-5-2/h11-12,14H,4-10H2,1-3H3. The zero-order chi connectivity index (χ0) is 12.7. The first-order valence-electron chi connectivity index (χ1n) is 6.75. The zero-order valence-electron chi connectivity index (χ0n) is 11.4. The third kappa shape index (κ3) is 4.64. The first-order valence-corrected chi connectivity index (χ1v) is 6.75. The molecule has 2 atom stereocenters. The summed E-state index contributed by atoms with van der Waals surface area (Å²) in [6.07, 6.45) is 3.35. The Morgan fingerprint density at radius 2 is 2.24 bits per heavy atom. The van der Waals surface area contributed by atoms with E-state index in [0.717, 1.165) is 13.0 Å². The molecule has 1 fully saturated rings. The average Bonchev–Trinajstić information content (AvgIpc) is 2.38. The fourth-order valence-corrected chi connectivity index (χ4v) is 2.28. The quantitative estimate of drug-likeness (QED) is 0.713. The van der Waals surface area contributed by atoms with Crippen molar-refractivity contribution < 1.29 is 9.53 Å². The van der Waals surface area contributed by atoms with Crippen molar-refractivity contribution in [3.8, 4) is 0 Å². The number of amides is 1. The van der Waals surface area contributed by atoms with Gasteiger partial charge in [-0.05, 0) is 32.2 Å². The van der Waals surface area contributed by atoms with E-state index < -0.39 is 0 Å². The van der Waals surface area contributed by atoms with Crippen LogP contribution in [-0.4, -0.2) is 50.2 Å². The summed E-state index contributed by atoms with van der Waals surface area (Å²) in [6.45, 7) is 7.16. The second-order valence-electron chi connectivity index (χ2n) is 4.76. The van der Waals surface area contributed by atoms with Gasteiger partial charge >= 0.3 is 0 Å². The van der Waals surface area contributed by atoms with E-state index in [-0.39, 0.29) is 11.9 Å². The molecule has 0 aromatic rings. The van der Waals surface area contributed by atoms with E-state index in [1.165, 1.54) is 12.8 Å². The summed E-state index contributed by atoms with van der Waals surface area (Å²) in [7, 11) is 1.86. The summed E-state index contributed by atoms with van der Waals surface area (Å²) in [6, 6.07) is 0.0142. The molecule has 1 N–H and O–H groups in total. The zero-order valence-corrected chi connectivity index (χ0v) is 11.4. The van der Waals surface area contributed by atoms with Gasteiger partial charge in [-0.2, -0.15) is 0 Å². The third-order valence-corrected chi connectivity index (χ3v) is 3.54. The van der Waals surface area contributed by atoms with Crippen molar-refractivity contribution in [1.29, 1.82) is 0 Å². The number of carbonyl (C=O) groups excluding carboxylic acids is 1. The van der Waals surface area contributed by atoms with E-state index in [1.807, 2.05) is 14.0 Å². The molecule has 4 nitrogen and oxygen atoms in total. The molecule has 0 aliphatic carbocycles. The predicted octanol–water partition coefficient (Wildman–Crippen LogP) is 1.26. The first kappa shape index (κ1) is 14.5. The van der Waals surface area contributed by atoms with E-state index in [0.29, 0.717) is 25.7 Å². The van der Waals surface area contributed by atoms with Crippen molar-refractivity contribution in [2.24, 2.45) is 5.92 Å². The van der Waals surface area contributed by atoms with Gasteiger partial charge in [0.25, 0.3) is 0 Å². The van der Waals surface area contributed by atoms with Crippen LogP contribution in [0, 0.1) is 5.92 Å². The van der Waals surface area contributed by atoms with Crippen LogP contribution in [0.2, 0.25) is 0 Å². The Morgan fingerprint density at radius 3 is 2.88 bits per heavy atom. The number of rotatable bonds is 6. The molecule has 100 valence electrons. The van der Waals surface area contributed by atoms with Gasteiger partial charge in [-0.1, -0.05) is 13.3 Å². The maximum atomic E-state index is 12.2. The summed E-state index contributed by atoms with van der Waals surface area (Å²) < 4.78 is 5.27. The van der Waals surface area contributed by atoms with Gasteiger partial charge in [0.15, 0.2) is 0 Å². The van der Waals surface area contributed by atoms with Crippen LogP contribution in [0.1, 0.15) is 33.1 Å². The third-order valence-electron chi connectivity index (χ3n) is 3.54. The monoisotopic (exact) mass is 242 g/mol. The minimum atomic E-state index is 0.0142. The Kier molecular flexibility index (Phi) is 6.52. The number of nitrogens with zero attached hydrogens (tertiary/aromatic N) is 1. The minimum absolute atomic E-state index is 0.0142. The maximum Gasteiger partial charge on any atom is 0.239 e. The molecule has 0 saturated carbocycles. The fourth-order valence-electron chi connectivity index (χ4n) is 2.28. The van der Waals surface area contributed by atoms with Gasteiger partial charge in [0, 0.05) is 20.2 Å². The molecule has 1 aliphatic rings. The highest BCUT2D eigenvalue weighted by molar-refractivity contribution is 5.81. The molecule has 1 aliphatic heterocycles. The van der Waals surface area contributed by atoms with Crippen LogP contribution in [0.5, 0.6) is 0 Å². The van der Waals surface area contributed by atoms with Gasteiger partial charge in [-0.25, -0.2) is 0 Å². The van der Waals surface area contributed by atoms with Crippen molar-refractivity contribution >= 4 is 5.91 Å². The number of nitrogens with one attached hydrogen (secondary N) is 1. The Balaban J connectivity index is 2.34. The number of likely N-dealkylation sites (N-methyl/N-ethyl adjacent to an activating group) is 1. The lowest BCUT2D eigenvalue weighted by molar-refractivity contribution is -0.133. The van der Waals surface area contributed by atoms with Crippen LogP contribution < -0.4 is 5.32 Å². The van der Waals surface area contributed by atoms with E-state index in [1.54, 1.807) is 4.90 Å². The Morgan fingerprint density at radius 1 is 1.47 bits per heavy atom. The van der Waals surface area contributed by atoms with Crippen molar-refractivity contribution in [2.75, 3.05) is 33.4 Å². The highest BCUT2D eigenvalue weighted by Gasteiger charge is 2.27. The maximum absolute atomic E-state index is 12.2. The molecule has 17 heavy (non-hydrogen) atoms. The summed E-state index contributed by atoms with van der Waals surface area (Å²) >= 11 is 0. The number of hydrogen-bond acceptors (Lipinski definition) is 3. The largest absolute Gasteiger partial charge is 0.380 e. The molecule has 0 radical (unpaired) electrons. The van der Waals surface area contributed by atoms with Gasteiger partial charge in [-0.3, -0.25) is 4.79 Å². The lowest BCUT2D eigenvalue weighted by Crippen LogP contribution is -2.49. The first-order chi connectivity index (χ1) is 8.19. The topological polar surface area (TPSA) is 41.6 Å². The van der Waals surface area contributed by atoms with Crippen molar-refractivity contribution in [3.05, 3.63) is 0 Å². The molecule has 0 bridgehead atoms. The molecule has 0 aromatic carbocycles. The fraction of sp³-hybridized carbons (Fsp3) is 0.923. The summed E-state index contributed by atoms with van der Waals surface area (Å²) in [5.74, 6) is 0.911. The van der Waals surface area contributed by atoms with Crippen molar-refractivity contribution in [3.63, 3.8) is 0 Å². The van der Waals surface area contributed by atoms with Gasteiger partial charge in [0.2, 0.25) is 5.91 Å². The van der Waals surface area contributed by atoms with Crippen molar-refractivity contribution in [1.82, 2.24) is 10.2 Å². The lowest BCUT2D eigenvalue weighted by atomic mass is 9.90. The van der Waals surface area contributed by atoms with Crippen LogP contribution >= 0.6 is 0 Å². The van der Waals surface area contributed by atoms with Crippen LogP contribution in [0.3, 0.4) is 0 Å². The van der Waals surface area contributed by atoms with E-state index >= 15 is 0 Å². The Labute approximate surface area is 105 Å². The smallest absolute Gasteiger partial charge is 0.239 e. The van der Waals surface area contributed by atoms with Crippen LogP contribution in [0.4, 0.5) is 0 Å². The number of hydrogen-bond donors (Lipinski definition) is 1. The molecular weight excluding hydrogens is 216 g/mol. The van der Waals surface area contributed by atoms with E-state index in [2.05, 4.69) is 12.2 Å². The normalized spacial score (nSPS) is 24.6. The molecule has 0 aromatic heterocycles. The molecule has 0 spiro atoms. The lowest BCUT2D eigenvalue weighted by Gasteiger charge is -2.31. The SMILES string of the molecule is CCOCCN(C)C(=O)C1CC(CC)CCN1. The summed E-state index contributed by atoms with van der Waals surface area (Å²) in [5, 5.41) is 3.32. The number of piperidine rings is 1. The minimum Gasteiger partial charge on any atom is -0.380 e. The second kappa shape index (κ2) is 7.67. The predicted molar refractivity (Wildman–Crippen MR) is 68.9 cm³/mol. The highest BCUT2D eigenvalue weighted by atomic mass is 16.5. The van der Waals surface area contributed by atoms with Crippen LogP contribution in [-0.2, 0) is 9.53 Å². The molecule has 1 amide bonds. The van der Waals surface area contributed by atoms with E-state index in [4.69, 9.17) is 4.74 Å². The van der Waals surface area contributed by atoms with Crippen molar-refractivity contribution in [2.45, 2.75) is 39.2 Å². The average molecular weight is 242 g/mol. The van der Waals surface area contributed by atoms with Gasteiger partial charge in [0.05, 0.1) is 12.6 Å². The molecule has 1 rings (SSSR count). The Bertz CT molecular complexity index is 233. The van der Waals surface area contributed by atoms with E-state index in [9.17, 15) is 4.79 Å². The van der Waals surface area contributed by atoms with Crippen LogP contribution in [0.25, 0.3) is 0 Å². The summed E-state index contributed by atoms with van der Waals surface area (Å²) in [5.41, 5.74) is 0. The Hall–Kier alpha value is -0.610. The number of carbonyl (C=O) groups is 1. The van der Waals surface area contributed by atoms with Gasteiger partial charge in [-0.15, -0.1) is 0 Å². The van der Waals surface area contributed by atoms with Crippen LogP contribution in [0.15, 0.2) is 0 Å². The van der Waals surface area contributed by atoms with Gasteiger partial charge in [0.1, 0.15) is 0 Å². The molecular formula is C13H26N2O2. The highest BCUT2D eigenvalue weighted by Crippen LogP contribution is 2.20. The molecule has 4 heteroatoms.